The third-order valence-corrected chi connectivity index (χ3v) is 13.8. The normalized spacial score (nSPS) is 52.9. The van der Waals surface area contributed by atoms with Gasteiger partial charge in [-0.25, -0.2) is 0 Å². The largest absolute Gasteiger partial charge is 0.381 e. The first-order chi connectivity index (χ1) is 16.2. The van der Waals surface area contributed by atoms with Crippen LogP contribution in [0, 0.1) is 63.1 Å². The van der Waals surface area contributed by atoms with Crippen molar-refractivity contribution >= 4 is 0 Å². The SMILES string of the molecule is CC(C)CCC[C@@H](C)[C@H]1CC[C@H]2[C@@H]3CC[C@H]4CC5(CC[C@]4(C)[C@H]3CC[C@]12C)CC1(CCOC1)C5. The highest BCUT2D eigenvalue weighted by Gasteiger charge is 2.64. The van der Waals surface area contributed by atoms with Gasteiger partial charge in [-0.15, -0.1) is 0 Å². The van der Waals surface area contributed by atoms with Gasteiger partial charge in [0.25, 0.3) is 0 Å². The molecular weight excluding hydrogens is 412 g/mol. The minimum absolute atomic E-state index is 0.613. The molecule has 0 aromatic carbocycles. The van der Waals surface area contributed by atoms with Crippen molar-refractivity contribution < 1.29 is 4.74 Å². The summed E-state index contributed by atoms with van der Waals surface area (Å²) in [7, 11) is 0. The van der Waals surface area contributed by atoms with Crippen LogP contribution in [0.25, 0.3) is 0 Å². The summed E-state index contributed by atoms with van der Waals surface area (Å²) < 4.78 is 5.84. The van der Waals surface area contributed by atoms with E-state index in [4.69, 9.17) is 4.74 Å². The fourth-order valence-corrected chi connectivity index (χ4v) is 12.2. The van der Waals surface area contributed by atoms with E-state index in [1.54, 1.807) is 57.8 Å². The average molecular weight is 469 g/mol. The quantitative estimate of drug-likeness (QED) is 0.390. The van der Waals surface area contributed by atoms with Crippen LogP contribution in [0.15, 0.2) is 0 Å². The van der Waals surface area contributed by atoms with Gasteiger partial charge in [0.15, 0.2) is 0 Å². The van der Waals surface area contributed by atoms with Crippen LogP contribution >= 0.6 is 0 Å². The van der Waals surface area contributed by atoms with Crippen molar-refractivity contribution in [3.8, 4) is 0 Å². The van der Waals surface area contributed by atoms with Gasteiger partial charge >= 0.3 is 0 Å². The van der Waals surface area contributed by atoms with Gasteiger partial charge in [0.05, 0.1) is 6.61 Å². The highest BCUT2D eigenvalue weighted by atomic mass is 16.5. The molecule has 0 unspecified atom stereocenters. The monoisotopic (exact) mass is 468 g/mol. The van der Waals surface area contributed by atoms with Gasteiger partial charge < -0.3 is 4.74 Å². The van der Waals surface area contributed by atoms with Crippen molar-refractivity contribution in [2.75, 3.05) is 13.2 Å². The molecule has 1 saturated heterocycles. The molecule has 34 heavy (non-hydrogen) atoms. The molecule has 1 aliphatic heterocycles. The lowest BCUT2D eigenvalue weighted by Crippen LogP contribution is -2.58. The molecule has 0 amide bonds. The van der Waals surface area contributed by atoms with Crippen molar-refractivity contribution in [1.82, 2.24) is 0 Å². The lowest BCUT2D eigenvalue weighted by Gasteiger charge is -2.66. The minimum Gasteiger partial charge on any atom is -0.381 e. The maximum absolute atomic E-state index is 5.84. The summed E-state index contributed by atoms with van der Waals surface area (Å²) in [5.41, 5.74) is 2.64. The molecule has 5 saturated carbocycles. The fourth-order valence-electron chi connectivity index (χ4n) is 12.2. The van der Waals surface area contributed by atoms with E-state index in [-0.39, 0.29) is 0 Å². The number of ether oxygens (including phenoxy) is 1. The Labute approximate surface area is 211 Å². The van der Waals surface area contributed by atoms with Crippen LogP contribution in [0.3, 0.4) is 0 Å². The third-order valence-electron chi connectivity index (χ3n) is 13.8. The summed E-state index contributed by atoms with van der Waals surface area (Å²) in [4.78, 5) is 0. The van der Waals surface area contributed by atoms with Gasteiger partial charge in [-0.1, -0.05) is 53.9 Å². The first kappa shape index (κ1) is 24.3. The molecule has 6 rings (SSSR count). The van der Waals surface area contributed by atoms with E-state index in [0.717, 1.165) is 60.1 Å². The number of fused-ring (bicyclic) bond motifs is 5. The molecule has 1 heteroatoms. The zero-order valence-corrected chi connectivity index (χ0v) is 23.5. The van der Waals surface area contributed by atoms with Gasteiger partial charge in [-0.05, 0) is 140 Å². The van der Waals surface area contributed by atoms with E-state index in [2.05, 4.69) is 34.6 Å². The van der Waals surface area contributed by atoms with Crippen molar-refractivity contribution in [2.24, 2.45) is 63.1 Å². The van der Waals surface area contributed by atoms with Crippen LogP contribution in [-0.4, -0.2) is 13.2 Å². The van der Waals surface area contributed by atoms with Crippen LogP contribution in [0.5, 0.6) is 0 Å². The summed E-state index contributed by atoms with van der Waals surface area (Å²) >= 11 is 0. The van der Waals surface area contributed by atoms with Gasteiger partial charge in [-0.3, -0.25) is 0 Å². The topological polar surface area (TPSA) is 9.23 Å². The smallest absolute Gasteiger partial charge is 0.0523 e. The molecule has 8 atom stereocenters. The molecule has 0 aromatic rings. The second kappa shape index (κ2) is 8.49. The summed E-state index contributed by atoms with van der Waals surface area (Å²) in [6, 6.07) is 0. The molecule has 6 fully saturated rings. The van der Waals surface area contributed by atoms with E-state index < -0.39 is 0 Å². The predicted molar refractivity (Wildman–Crippen MR) is 143 cm³/mol. The van der Waals surface area contributed by atoms with Gasteiger partial charge in [0, 0.05) is 6.61 Å². The molecule has 194 valence electrons. The van der Waals surface area contributed by atoms with Gasteiger partial charge in [0.2, 0.25) is 0 Å². The fraction of sp³-hybridized carbons (Fsp3) is 1.00. The van der Waals surface area contributed by atoms with E-state index in [1.165, 1.54) is 38.5 Å². The molecule has 2 spiro atoms. The van der Waals surface area contributed by atoms with Crippen molar-refractivity contribution in [1.29, 1.82) is 0 Å². The lowest BCUT2D eigenvalue weighted by atomic mass is 9.38. The molecule has 5 aliphatic carbocycles. The number of hydrogen-bond donors (Lipinski definition) is 0. The van der Waals surface area contributed by atoms with Crippen LogP contribution in [0.2, 0.25) is 0 Å². The molecule has 0 N–H and O–H groups in total. The van der Waals surface area contributed by atoms with E-state index in [9.17, 15) is 0 Å². The first-order valence-electron chi connectivity index (χ1n) is 15.8. The minimum atomic E-state index is 0.613. The molecule has 0 bridgehead atoms. The van der Waals surface area contributed by atoms with Crippen LogP contribution in [0.1, 0.15) is 131 Å². The zero-order chi connectivity index (χ0) is 23.8. The second-order valence-corrected chi connectivity index (χ2v) is 16.0. The Morgan fingerprint density at radius 2 is 1.56 bits per heavy atom. The van der Waals surface area contributed by atoms with Crippen LogP contribution in [-0.2, 0) is 4.74 Å². The Morgan fingerprint density at radius 3 is 2.29 bits per heavy atom. The maximum atomic E-state index is 5.84. The van der Waals surface area contributed by atoms with Crippen molar-refractivity contribution in [3.63, 3.8) is 0 Å². The highest BCUT2D eigenvalue weighted by Crippen LogP contribution is 2.73. The Bertz CT molecular complexity index is 740. The van der Waals surface area contributed by atoms with Crippen molar-refractivity contribution in [3.05, 3.63) is 0 Å². The average Bonchev–Trinajstić information content (AvgIpc) is 3.38. The maximum Gasteiger partial charge on any atom is 0.0523 e. The number of hydrogen-bond acceptors (Lipinski definition) is 1. The molecule has 6 aliphatic rings. The lowest BCUT2D eigenvalue weighted by molar-refractivity contribution is -0.168. The predicted octanol–water partition coefficient (Wildman–Crippen LogP) is 9.29. The Morgan fingerprint density at radius 1 is 0.765 bits per heavy atom. The zero-order valence-electron chi connectivity index (χ0n) is 23.5. The Kier molecular flexibility index (Phi) is 6.07. The van der Waals surface area contributed by atoms with Crippen LogP contribution in [0.4, 0.5) is 0 Å². The van der Waals surface area contributed by atoms with Crippen molar-refractivity contribution in [2.45, 2.75) is 131 Å². The first-order valence-corrected chi connectivity index (χ1v) is 15.8. The Balaban J connectivity index is 1.12. The van der Waals surface area contributed by atoms with Gasteiger partial charge in [-0.2, -0.15) is 0 Å². The third kappa shape index (κ3) is 3.70. The molecule has 1 nitrogen and oxygen atoms in total. The highest BCUT2D eigenvalue weighted by molar-refractivity contribution is 5.14. The van der Waals surface area contributed by atoms with E-state index in [1.807, 2.05) is 0 Å². The summed E-state index contributed by atoms with van der Waals surface area (Å²) in [6.07, 6.45) is 22.8. The summed E-state index contributed by atoms with van der Waals surface area (Å²) in [5, 5.41) is 0. The summed E-state index contributed by atoms with van der Waals surface area (Å²) in [5.74, 6) is 6.98. The van der Waals surface area contributed by atoms with E-state index in [0.29, 0.717) is 16.2 Å². The van der Waals surface area contributed by atoms with E-state index >= 15 is 0 Å². The van der Waals surface area contributed by atoms with Gasteiger partial charge in [0.1, 0.15) is 0 Å². The molecule has 1 heterocycles. The second-order valence-electron chi connectivity index (χ2n) is 16.0. The Hall–Kier alpha value is -0.0400. The van der Waals surface area contributed by atoms with Crippen LogP contribution < -0.4 is 0 Å². The molecular formula is C33H56O. The standard InChI is InChI=1S/C33H56O/c1-23(2)7-6-8-24(3)27-11-12-28-26-10-9-25-19-32(20-33(21-32)17-18-34-22-33)16-15-30(25,4)29(26)13-14-31(27,28)5/h23-29H,6-22H2,1-5H3/t24-,25+,26+,27-,28+,29+,30+,31-,32?,33?/m1/s1. The number of rotatable bonds is 5. The molecule has 0 radical (unpaired) electrons. The molecule has 0 aromatic heterocycles. The summed E-state index contributed by atoms with van der Waals surface area (Å²) in [6.45, 7) is 15.1.